The Bertz CT molecular complexity index is 482. The molecule has 1 aliphatic heterocycles. The van der Waals surface area contributed by atoms with E-state index < -0.39 is 5.91 Å². The summed E-state index contributed by atoms with van der Waals surface area (Å²) >= 11 is 0. The first-order valence-corrected chi connectivity index (χ1v) is 6.11. The summed E-state index contributed by atoms with van der Waals surface area (Å²) < 4.78 is 4.98. The number of rotatable bonds is 5. The van der Waals surface area contributed by atoms with Crippen molar-refractivity contribution in [2.75, 3.05) is 25.2 Å². The number of fused-ring (bicyclic) bond motifs is 1. The van der Waals surface area contributed by atoms with Gasteiger partial charge in [-0.1, -0.05) is 12.1 Å². The number of methoxy groups -OCH3 is 1. The molecule has 4 heteroatoms. The van der Waals surface area contributed by atoms with Crippen LogP contribution in [0.2, 0.25) is 0 Å². The molecule has 0 spiro atoms. The summed E-state index contributed by atoms with van der Waals surface area (Å²) in [4.78, 5) is 25.4. The standard InChI is InChI=1S/C14H17NO3/c1-10-6-5-7-11-12(10)15(14(17)13(11)16)8-3-4-9-18-2/h5-7H,3-4,8-9H2,1-2H3. The van der Waals surface area contributed by atoms with Crippen LogP contribution in [0.25, 0.3) is 0 Å². The molecule has 1 aromatic rings. The van der Waals surface area contributed by atoms with Gasteiger partial charge < -0.3 is 9.64 Å². The highest BCUT2D eigenvalue weighted by molar-refractivity contribution is 6.52. The monoisotopic (exact) mass is 247 g/mol. The Hall–Kier alpha value is -1.68. The summed E-state index contributed by atoms with van der Waals surface area (Å²) in [5.41, 5.74) is 2.29. The Morgan fingerprint density at radius 3 is 2.72 bits per heavy atom. The van der Waals surface area contributed by atoms with Crippen LogP contribution in [0.15, 0.2) is 18.2 Å². The van der Waals surface area contributed by atoms with E-state index in [0.717, 1.165) is 24.1 Å². The smallest absolute Gasteiger partial charge is 0.299 e. The fraction of sp³-hybridized carbons (Fsp3) is 0.429. The zero-order chi connectivity index (χ0) is 13.1. The van der Waals surface area contributed by atoms with E-state index in [-0.39, 0.29) is 5.78 Å². The molecule has 0 radical (unpaired) electrons. The molecule has 0 N–H and O–H groups in total. The predicted molar refractivity (Wildman–Crippen MR) is 69.0 cm³/mol. The third-order valence-electron chi connectivity index (χ3n) is 3.17. The van der Waals surface area contributed by atoms with Crippen molar-refractivity contribution >= 4 is 17.4 Å². The maximum atomic E-state index is 11.9. The van der Waals surface area contributed by atoms with Gasteiger partial charge in [-0.2, -0.15) is 0 Å². The molecule has 0 aliphatic carbocycles. The molecule has 1 heterocycles. The summed E-state index contributed by atoms with van der Waals surface area (Å²) in [5, 5.41) is 0. The Morgan fingerprint density at radius 2 is 2.00 bits per heavy atom. The second kappa shape index (κ2) is 5.31. The molecule has 96 valence electrons. The normalized spacial score (nSPS) is 14.2. The molecular formula is C14H17NO3. The second-order valence-electron chi connectivity index (χ2n) is 4.46. The maximum Gasteiger partial charge on any atom is 0.299 e. The van der Waals surface area contributed by atoms with E-state index in [4.69, 9.17) is 4.74 Å². The summed E-state index contributed by atoms with van der Waals surface area (Å²) in [6.07, 6.45) is 1.72. The van der Waals surface area contributed by atoms with Gasteiger partial charge in [0.2, 0.25) is 0 Å². The molecule has 2 rings (SSSR count). The molecule has 0 saturated carbocycles. The molecule has 4 nitrogen and oxygen atoms in total. The third kappa shape index (κ3) is 2.16. The molecule has 1 aromatic carbocycles. The number of hydrogen-bond donors (Lipinski definition) is 0. The Balaban J connectivity index is 2.17. The van der Waals surface area contributed by atoms with Crippen molar-refractivity contribution in [2.24, 2.45) is 0 Å². The minimum atomic E-state index is -0.406. The number of carbonyl (C=O) groups is 2. The zero-order valence-electron chi connectivity index (χ0n) is 10.7. The number of carbonyl (C=O) groups excluding carboxylic acids is 2. The van der Waals surface area contributed by atoms with Crippen molar-refractivity contribution in [3.8, 4) is 0 Å². The minimum Gasteiger partial charge on any atom is -0.385 e. The maximum absolute atomic E-state index is 11.9. The van der Waals surface area contributed by atoms with Crippen molar-refractivity contribution in [3.05, 3.63) is 29.3 Å². The van der Waals surface area contributed by atoms with Crippen molar-refractivity contribution in [3.63, 3.8) is 0 Å². The number of amides is 1. The van der Waals surface area contributed by atoms with Crippen LogP contribution in [-0.2, 0) is 9.53 Å². The largest absolute Gasteiger partial charge is 0.385 e. The number of para-hydroxylation sites is 1. The quantitative estimate of drug-likeness (QED) is 0.590. The molecule has 0 fully saturated rings. The predicted octanol–water partition coefficient (Wildman–Crippen LogP) is 1.95. The number of nitrogens with zero attached hydrogens (tertiary/aromatic N) is 1. The van der Waals surface area contributed by atoms with E-state index in [1.165, 1.54) is 0 Å². The minimum absolute atomic E-state index is 0.388. The number of ketones is 1. The topological polar surface area (TPSA) is 46.6 Å². The fourth-order valence-electron chi connectivity index (χ4n) is 2.27. The molecule has 0 bridgehead atoms. The van der Waals surface area contributed by atoms with Crippen LogP contribution in [0.5, 0.6) is 0 Å². The lowest BCUT2D eigenvalue weighted by molar-refractivity contribution is -0.114. The van der Waals surface area contributed by atoms with Crippen LogP contribution in [-0.4, -0.2) is 32.0 Å². The van der Waals surface area contributed by atoms with Crippen molar-refractivity contribution in [2.45, 2.75) is 19.8 Å². The van der Waals surface area contributed by atoms with Gasteiger partial charge in [0.1, 0.15) is 0 Å². The van der Waals surface area contributed by atoms with Gasteiger partial charge in [-0.05, 0) is 31.4 Å². The highest BCUT2D eigenvalue weighted by atomic mass is 16.5. The fourth-order valence-corrected chi connectivity index (χ4v) is 2.27. The van der Waals surface area contributed by atoms with Gasteiger partial charge in [0, 0.05) is 20.3 Å². The number of benzene rings is 1. The molecule has 0 atom stereocenters. The van der Waals surface area contributed by atoms with Gasteiger partial charge in [0.15, 0.2) is 0 Å². The summed E-state index contributed by atoms with van der Waals surface area (Å²) in [5.74, 6) is -0.794. The van der Waals surface area contributed by atoms with Gasteiger partial charge >= 0.3 is 0 Å². The number of Topliss-reactive ketones (excluding diaryl/α,β-unsaturated/α-hetero) is 1. The van der Waals surface area contributed by atoms with Crippen molar-refractivity contribution in [1.82, 2.24) is 0 Å². The van der Waals surface area contributed by atoms with E-state index in [1.54, 1.807) is 18.1 Å². The lowest BCUT2D eigenvalue weighted by Gasteiger charge is -2.18. The van der Waals surface area contributed by atoms with Crippen LogP contribution in [0.1, 0.15) is 28.8 Å². The molecular weight excluding hydrogens is 230 g/mol. The van der Waals surface area contributed by atoms with Crippen LogP contribution in [0, 0.1) is 6.92 Å². The lowest BCUT2D eigenvalue weighted by atomic mass is 10.1. The highest BCUT2D eigenvalue weighted by Gasteiger charge is 2.36. The molecule has 18 heavy (non-hydrogen) atoms. The first-order valence-electron chi connectivity index (χ1n) is 6.11. The molecule has 0 aromatic heterocycles. The number of aryl methyl sites for hydroxylation is 1. The SMILES string of the molecule is COCCCCN1C(=O)C(=O)c2cccc(C)c21. The third-order valence-corrected chi connectivity index (χ3v) is 3.17. The van der Waals surface area contributed by atoms with Gasteiger partial charge in [-0.3, -0.25) is 9.59 Å². The van der Waals surface area contributed by atoms with Crippen molar-refractivity contribution < 1.29 is 14.3 Å². The van der Waals surface area contributed by atoms with Gasteiger partial charge in [-0.15, -0.1) is 0 Å². The number of unbranched alkanes of at least 4 members (excludes halogenated alkanes) is 1. The highest BCUT2D eigenvalue weighted by Crippen LogP contribution is 2.32. The van der Waals surface area contributed by atoms with Gasteiger partial charge in [0.05, 0.1) is 11.3 Å². The number of hydrogen-bond acceptors (Lipinski definition) is 3. The van der Waals surface area contributed by atoms with Crippen LogP contribution >= 0.6 is 0 Å². The van der Waals surface area contributed by atoms with E-state index in [2.05, 4.69) is 0 Å². The molecule has 0 saturated heterocycles. The first-order chi connectivity index (χ1) is 8.66. The average Bonchev–Trinajstić information content (AvgIpc) is 2.61. The first kappa shape index (κ1) is 12.8. The Labute approximate surface area is 107 Å². The second-order valence-corrected chi connectivity index (χ2v) is 4.46. The van der Waals surface area contributed by atoms with Gasteiger partial charge in [0.25, 0.3) is 11.7 Å². The van der Waals surface area contributed by atoms with Crippen LogP contribution < -0.4 is 4.90 Å². The summed E-state index contributed by atoms with van der Waals surface area (Å²) in [7, 11) is 1.66. The Morgan fingerprint density at radius 1 is 1.22 bits per heavy atom. The van der Waals surface area contributed by atoms with Gasteiger partial charge in [-0.25, -0.2) is 0 Å². The summed E-state index contributed by atoms with van der Waals surface area (Å²) in [6, 6.07) is 5.46. The van der Waals surface area contributed by atoms with E-state index >= 15 is 0 Å². The van der Waals surface area contributed by atoms with Crippen LogP contribution in [0.3, 0.4) is 0 Å². The van der Waals surface area contributed by atoms with E-state index in [9.17, 15) is 9.59 Å². The number of anilines is 1. The summed E-state index contributed by atoms with van der Waals surface area (Å²) in [6.45, 7) is 3.18. The van der Waals surface area contributed by atoms with Crippen LogP contribution in [0.4, 0.5) is 5.69 Å². The lowest BCUT2D eigenvalue weighted by Crippen LogP contribution is -2.31. The zero-order valence-corrected chi connectivity index (χ0v) is 10.7. The van der Waals surface area contributed by atoms with E-state index in [1.807, 2.05) is 19.1 Å². The molecule has 1 aliphatic rings. The molecule has 0 unspecified atom stereocenters. The number of ether oxygens (including phenoxy) is 1. The average molecular weight is 247 g/mol. The van der Waals surface area contributed by atoms with E-state index in [0.29, 0.717) is 18.7 Å². The molecule has 1 amide bonds. The van der Waals surface area contributed by atoms with Crippen molar-refractivity contribution in [1.29, 1.82) is 0 Å². The Kier molecular flexibility index (Phi) is 3.77.